The minimum atomic E-state index is 0.268. The van der Waals surface area contributed by atoms with E-state index in [2.05, 4.69) is 66.0 Å². The summed E-state index contributed by atoms with van der Waals surface area (Å²) in [5.41, 5.74) is 4.66. The molecule has 0 bridgehead atoms. The Morgan fingerprint density at radius 1 is 1.18 bits per heavy atom. The molecule has 1 atom stereocenters. The van der Waals surface area contributed by atoms with Crippen molar-refractivity contribution < 1.29 is 5.11 Å². The molecule has 0 unspecified atom stereocenters. The quantitative estimate of drug-likeness (QED) is 0.758. The van der Waals surface area contributed by atoms with E-state index in [1.165, 1.54) is 12.0 Å². The molecule has 1 fully saturated rings. The van der Waals surface area contributed by atoms with Crippen molar-refractivity contribution in [3.63, 3.8) is 0 Å². The van der Waals surface area contributed by atoms with Gasteiger partial charge in [0.15, 0.2) is 0 Å². The monoisotopic (exact) mass is 384 g/mol. The minimum absolute atomic E-state index is 0.268. The zero-order chi connectivity index (χ0) is 20.1. The Bertz CT molecular complexity index is 755. The van der Waals surface area contributed by atoms with Gasteiger partial charge in [-0.15, -0.1) is 0 Å². The van der Waals surface area contributed by atoms with Crippen LogP contribution in [0.15, 0.2) is 30.3 Å². The average molecular weight is 385 g/mol. The normalized spacial score (nSPS) is 18.9. The third kappa shape index (κ3) is 5.43. The smallest absolute Gasteiger partial charge is 0.0651 e. The van der Waals surface area contributed by atoms with E-state index in [-0.39, 0.29) is 6.61 Å². The second-order valence-electron chi connectivity index (χ2n) is 8.63. The maximum absolute atomic E-state index is 9.53. The number of benzene rings is 1. The van der Waals surface area contributed by atoms with Crippen molar-refractivity contribution in [1.82, 2.24) is 19.6 Å². The summed E-state index contributed by atoms with van der Waals surface area (Å²) in [6.07, 6.45) is 2.09. The summed E-state index contributed by atoms with van der Waals surface area (Å²) >= 11 is 0. The molecule has 1 N–H and O–H groups in total. The van der Waals surface area contributed by atoms with Crippen LogP contribution in [0.4, 0.5) is 0 Å². The Hall–Kier alpha value is -1.69. The van der Waals surface area contributed by atoms with Crippen LogP contribution in [0, 0.1) is 19.8 Å². The Morgan fingerprint density at radius 3 is 2.68 bits per heavy atom. The number of aromatic nitrogens is 2. The van der Waals surface area contributed by atoms with Gasteiger partial charge in [-0.1, -0.05) is 26.0 Å². The van der Waals surface area contributed by atoms with Gasteiger partial charge in [0, 0.05) is 44.5 Å². The number of rotatable bonds is 8. The Labute approximate surface area is 170 Å². The molecule has 1 saturated heterocycles. The van der Waals surface area contributed by atoms with Gasteiger partial charge in [0.2, 0.25) is 0 Å². The van der Waals surface area contributed by atoms with Crippen LogP contribution in [0.1, 0.15) is 43.6 Å². The van der Waals surface area contributed by atoms with E-state index >= 15 is 0 Å². The molecule has 1 aliphatic heterocycles. The van der Waals surface area contributed by atoms with E-state index in [4.69, 9.17) is 0 Å². The van der Waals surface area contributed by atoms with Crippen LogP contribution < -0.4 is 0 Å². The van der Waals surface area contributed by atoms with Crippen LogP contribution in [-0.4, -0.2) is 63.5 Å². The molecule has 5 heteroatoms. The summed E-state index contributed by atoms with van der Waals surface area (Å²) in [5.74, 6) is 0.727. The molecule has 0 radical (unpaired) electrons. The second-order valence-corrected chi connectivity index (χ2v) is 8.63. The first-order valence-electron chi connectivity index (χ1n) is 10.7. The van der Waals surface area contributed by atoms with Gasteiger partial charge >= 0.3 is 0 Å². The van der Waals surface area contributed by atoms with Crippen molar-refractivity contribution in [3.05, 3.63) is 47.3 Å². The van der Waals surface area contributed by atoms with Crippen LogP contribution in [0.25, 0.3) is 5.69 Å². The molecule has 5 nitrogen and oxygen atoms in total. The number of hydrogen-bond donors (Lipinski definition) is 1. The Morgan fingerprint density at radius 2 is 2.00 bits per heavy atom. The van der Waals surface area contributed by atoms with Gasteiger partial charge in [0.1, 0.15) is 0 Å². The largest absolute Gasteiger partial charge is 0.396 e. The first-order valence-corrected chi connectivity index (χ1v) is 10.7. The van der Waals surface area contributed by atoms with E-state index in [9.17, 15) is 5.11 Å². The van der Waals surface area contributed by atoms with Crippen LogP contribution in [0.3, 0.4) is 0 Å². The van der Waals surface area contributed by atoms with Crippen LogP contribution in [0.2, 0.25) is 0 Å². The zero-order valence-corrected chi connectivity index (χ0v) is 17.9. The maximum Gasteiger partial charge on any atom is 0.0651 e. The highest BCUT2D eigenvalue weighted by Crippen LogP contribution is 2.19. The highest BCUT2D eigenvalue weighted by molar-refractivity contribution is 5.37. The minimum Gasteiger partial charge on any atom is -0.396 e. The number of aliphatic hydroxyl groups excluding tert-OH is 1. The highest BCUT2D eigenvalue weighted by Gasteiger charge is 2.26. The van der Waals surface area contributed by atoms with Gasteiger partial charge < -0.3 is 5.11 Å². The first kappa shape index (κ1) is 21.0. The lowest BCUT2D eigenvalue weighted by molar-refractivity contribution is 0.0524. The van der Waals surface area contributed by atoms with E-state index in [0.29, 0.717) is 6.04 Å². The number of nitrogens with zero attached hydrogens (tertiary/aromatic N) is 4. The maximum atomic E-state index is 9.53. The van der Waals surface area contributed by atoms with Crippen molar-refractivity contribution in [2.75, 3.05) is 32.8 Å². The predicted octanol–water partition coefficient (Wildman–Crippen LogP) is 3.40. The SMILES string of the molecule is Cc1cc(C)n(-c2cccc(CN3CCN(CCC(C)C)[C@@H](CCO)C3)c2)n1. The van der Waals surface area contributed by atoms with Crippen LogP contribution in [-0.2, 0) is 6.54 Å². The number of piperazine rings is 1. The van der Waals surface area contributed by atoms with Gasteiger partial charge in [0.05, 0.1) is 11.4 Å². The van der Waals surface area contributed by atoms with Gasteiger partial charge in [-0.05, 0) is 62.9 Å². The predicted molar refractivity (Wildman–Crippen MR) is 115 cm³/mol. The summed E-state index contributed by atoms with van der Waals surface area (Å²) in [5, 5.41) is 14.1. The molecule has 1 aromatic heterocycles. The van der Waals surface area contributed by atoms with Crippen molar-refractivity contribution >= 4 is 0 Å². The fraction of sp³-hybridized carbons (Fsp3) is 0.609. The van der Waals surface area contributed by atoms with E-state index in [0.717, 1.165) is 62.1 Å². The zero-order valence-electron chi connectivity index (χ0n) is 17.9. The lowest BCUT2D eigenvalue weighted by Crippen LogP contribution is -2.53. The van der Waals surface area contributed by atoms with E-state index in [1.807, 2.05) is 11.6 Å². The molecule has 2 heterocycles. The fourth-order valence-electron chi connectivity index (χ4n) is 4.18. The first-order chi connectivity index (χ1) is 13.5. The Kier molecular flexibility index (Phi) is 7.27. The van der Waals surface area contributed by atoms with Crippen molar-refractivity contribution in [3.8, 4) is 5.69 Å². The molecule has 2 aromatic rings. The third-order valence-electron chi connectivity index (χ3n) is 5.72. The standard InChI is InChI=1S/C23H36N4O/c1-18(2)8-10-26-12-11-25(17-23(26)9-13-28)16-21-6-5-7-22(15-21)27-20(4)14-19(3)24-27/h5-7,14-15,18,23,28H,8-13,16-17H2,1-4H3/t23-/m0/s1. The molecule has 0 amide bonds. The third-order valence-corrected chi connectivity index (χ3v) is 5.72. The molecule has 0 aliphatic carbocycles. The van der Waals surface area contributed by atoms with E-state index in [1.54, 1.807) is 0 Å². The molecular weight excluding hydrogens is 348 g/mol. The molecule has 154 valence electrons. The average Bonchev–Trinajstić information content (AvgIpc) is 3.00. The van der Waals surface area contributed by atoms with E-state index < -0.39 is 0 Å². The van der Waals surface area contributed by atoms with Crippen molar-refractivity contribution in [2.45, 2.75) is 53.1 Å². The molecule has 3 rings (SSSR count). The molecule has 0 spiro atoms. The summed E-state index contributed by atoms with van der Waals surface area (Å²) in [6.45, 7) is 14.3. The van der Waals surface area contributed by atoms with Gasteiger partial charge in [0.25, 0.3) is 0 Å². The van der Waals surface area contributed by atoms with Gasteiger partial charge in [-0.25, -0.2) is 4.68 Å². The van der Waals surface area contributed by atoms with Gasteiger partial charge in [-0.3, -0.25) is 9.80 Å². The molecule has 1 aromatic carbocycles. The summed E-state index contributed by atoms with van der Waals surface area (Å²) in [6, 6.07) is 11.3. The summed E-state index contributed by atoms with van der Waals surface area (Å²) in [4.78, 5) is 5.12. The molecule has 0 saturated carbocycles. The number of aliphatic hydroxyl groups is 1. The molecular formula is C23H36N4O. The van der Waals surface area contributed by atoms with Crippen LogP contribution >= 0.6 is 0 Å². The molecule has 1 aliphatic rings. The topological polar surface area (TPSA) is 44.5 Å². The Balaban J connectivity index is 1.65. The van der Waals surface area contributed by atoms with Crippen molar-refractivity contribution in [2.24, 2.45) is 5.92 Å². The van der Waals surface area contributed by atoms with Gasteiger partial charge in [-0.2, -0.15) is 5.10 Å². The second kappa shape index (κ2) is 9.68. The summed E-state index contributed by atoms with van der Waals surface area (Å²) in [7, 11) is 0. The lowest BCUT2D eigenvalue weighted by atomic mass is 10.0. The molecule has 28 heavy (non-hydrogen) atoms. The highest BCUT2D eigenvalue weighted by atomic mass is 16.3. The van der Waals surface area contributed by atoms with Crippen LogP contribution in [0.5, 0.6) is 0 Å². The lowest BCUT2D eigenvalue weighted by Gasteiger charge is -2.41. The fourth-order valence-corrected chi connectivity index (χ4v) is 4.18. The number of hydrogen-bond acceptors (Lipinski definition) is 4. The summed E-state index contributed by atoms with van der Waals surface area (Å²) < 4.78 is 2.03. The van der Waals surface area contributed by atoms with Crippen molar-refractivity contribution in [1.29, 1.82) is 0 Å². The number of aryl methyl sites for hydroxylation is 2.